The average Bonchev–Trinajstić information content (AvgIpc) is 2.71. The number of halogens is 7. The topological polar surface area (TPSA) is 115 Å². The molecule has 0 aliphatic carbocycles. The van der Waals surface area contributed by atoms with Crippen LogP contribution in [0.4, 0.5) is 26.3 Å². The van der Waals surface area contributed by atoms with Crippen molar-refractivity contribution in [1.82, 2.24) is 10.6 Å². The standard InChI is InChI=1S/C9H7BrF3NO.C9H8F3NO4S.Na/c10-5-14-8(15)6-1-3-7(4-2-6)9(11,12)13;10-9(11,12)7-3-1-6(2-4-7)8(14)13-5-18(15,16)17;/h1-4H,5H2,(H,14,15);1-4H,5H2,(H,13,14)(H,15,16,17);/q;;+1/p-1. The summed E-state index contributed by atoms with van der Waals surface area (Å²) in [6.07, 6.45) is -8.89. The molecule has 0 radical (unpaired) electrons. The number of rotatable bonds is 5. The first-order valence-electron chi connectivity index (χ1n) is 8.45. The first-order chi connectivity index (χ1) is 15.0. The predicted molar refractivity (Wildman–Crippen MR) is 106 cm³/mol. The van der Waals surface area contributed by atoms with Gasteiger partial charge in [-0.1, -0.05) is 15.9 Å². The molecule has 0 saturated carbocycles. The summed E-state index contributed by atoms with van der Waals surface area (Å²) >= 11 is 2.98. The van der Waals surface area contributed by atoms with E-state index in [1.54, 1.807) is 5.32 Å². The molecule has 0 aliphatic heterocycles. The third kappa shape index (κ3) is 11.7. The Morgan fingerprint density at radius 2 is 1.09 bits per heavy atom. The van der Waals surface area contributed by atoms with E-state index in [4.69, 9.17) is 0 Å². The van der Waals surface area contributed by atoms with Gasteiger partial charge in [-0.25, -0.2) is 8.42 Å². The Labute approximate surface area is 220 Å². The van der Waals surface area contributed by atoms with Crippen molar-refractivity contribution < 1.29 is 78.5 Å². The summed E-state index contributed by atoms with van der Waals surface area (Å²) in [6.45, 7) is 0. The molecule has 7 nitrogen and oxygen atoms in total. The van der Waals surface area contributed by atoms with E-state index in [1.165, 1.54) is 0 Å². The predicted octanol–water partition coefficient (Wildman–Crippen LogP) is 0.729. The monoisotopic (exact) mass is 586 g/mol. The number of hydrogen-bond acceptors (Lipinski definition) is 5. The molecule has 0 fully saturated rings. The second kappa shape index (κ2) is 13.4. The van der Waals surface area contributed by atoms with Crippen molar-refractivity contribution in [2.24, 2.45) is 0 Å². The zero-order chi connectivity index (χ0) is 25.4. The molecule has 34 heavy (non-hydrogen) atoms. The number of carbonyl (C=O) groups excluding carboxylic acids is 2. The summed E-state index contributed by atoms with van der Waals surface area (Å²) in [5.41, 5.74) is -1.42. The van der Waals surface area contributed by atoms with Gasteiger partial charge in [0.25, 0.3) is 11.8 Å². The molecule has 0 heterocycles. The van der Waals surface area contributed by atoms with Crippen LogP contribution in [0.5, 0.6) is 0 Å². The number of alkyl halides is 7. The maximum absolute atomic E-state index is 12.2. The van der Waals surface area contributed by atoms with E-state index in [1.807, 2.05) is 0 Å². The van der Waals surface area contributed by atoms with E-state index < -0.39 is 51.3 Å². The maximum atomic E-state index is 12.2. The van der Waals surface area contributed by atoms with Crippen LogP contribution in [-0.4, -0.2) is 36.1 Å². The number of amides is 2. The van der Waals surface area contributed by atoms with E-state index in [-0.39, 0.29) is 46.1 Å². The molecule has 0 aromatic heterocycles. The summed E-state index contributed by atoms with van der Waals surface area (Å²) in [7, 11) is -4.62. The second-order valence-electron chi connectivity index (χ2n) is 6.00. The van der Waals surface area contributed by atoms with Gasteiger partial charge in [0.05, 0.1) is 16.6 Å². The smallest absolute Gasteiger partial charge is 0.747 e. The molecule has 2 aromatic rings. The molecule has 0 spiro atoms. The van der Waals surface area contributed by atoms with Crippen molar-refractivity contribution >= 4 is 37.9 Å². The van der Waals surface area contributed by atoms with Gasteiger partial charge in [0.15, 0.2) is 0 Å². The largest absolute Gasteiger partial charge is 1.00 e. The van der Waals surface area contributed by atoms with E-state index in [2.05, 4.69) is 21.2 Å². The van der Waals surface area contributed by atoms with Crippen LogP contribution in [0.2, 0.25) is 0 Å². The summed E-state index contributed by atoms with van der Waals surface area (Å²) in [4.78, 5) is 22.4. The van der Waals surface area contributed by atoms with Crippen LogP contribution in [0.25, 0.3) is 0 Å². The van der Waals surface area contributed by atoms with Gasteiger partial charge in [-0.3, -0.25) is 9.59 Å². The van der Waals surface area contributed by atoms with Crippen molar-refractivity contribution in [3.63, 3.8) is 0 Å². The molecule has 0 aliphatic rings. The first-order valence-corrected chi connectivity index (χ1v) is 11.1. The Kier molecular flexibility index (Phi) is 12.8. The van der Waals surface area contributed by atoms with Crippen molar-refractivity contribution in [2.45, 2.75) is 12.4 Å². The van der Waals surface area contributed by atoms with Crippen molar-refractivity contribution in [1.29, 1.82) is 0 Å². The van der Waals surface area contributed by atoms with Gasteiger partial charge < -0.3 is 15.2 Å². The fourth-order valence-electron chi connectivity index (χ4n) is 2.04. The van der Waals surface area contributed by atoms with Crippen LogP contribution in [-0.2, 0) is 22.5 Å². The zero-order valence-corrected chi connectivity index (χ0v) is 21.5. The molecule has 0 unspecified atom stereocenters. The van der Waals surface area contributed by atoms with E-state index in [9.17, 15) is 48.9 Å². The Morgan fingerprint density at radius 1 is 0.765 bits per heavy atom. The molecule has 0 atom stereocenters. The van der Waals surface area contributed by atoms with E-state index >= 15 is 0 Å². The van der Waals surface area contributed by atoms with Gasteiger partial charge in [0.1, 0.15) is 16.0 Å². The van der Waals surface area contributed by atoms with Gasteiger partial charge in [-0.05, 0) is 48.5 Å². The SMILES string of the molecule is O=C(NCBr)c1ccc(C(F)(F)F)cc1.O=C(NCS(=O)(=O)[O-])c1ccc(C(F)(F)F)cc1.[Na+]. The molecule has 0 saturated heterocycles. The maximum Gasteiger partial charge on any atom is 1.00 e. The normalized spacial score (nSPS) is 11.4. The Balaban J connectivity index is 0.000000632. The van der Waals surface area contributed by atoms with Gasteiger partial charge in [0, 0.05) is 11.1 Å². The van der Waals surface area contributed by atoms with Crippen molar-refractivity contribution in [3.8, 4) is 0 Å². The molecule has 2 amide bonds. The fraction of sp³-hybridized carbons (Fsp3) is 0.222. The van der Waals surface area contributed by atoms with Crippen LogP contribution in [0.15, 0.2) is 48.5 Å². The first kappa shape index (κ1) is 32.4. The van der Waals surface area contributed by atoms with Crippen molar-refractivity contribution in [2.75, 3.05) is 11.3 Å². The third-order valence-electron chi connectivity index (χ3n) is 3.59. The van der Waals surface area contributed by atoms with Gasteiger partial charge in [-0.15, -0.1) is 0 Å². The molecular weight excluding hydrogens is 573 g/mol. The molecule has 2 rings (SSSR count). The molecule has 16 heteroatoms. The Morgan fingerprint density at radius 3 is 1.35 bits per heavy atom. The van der Waals surface area contributed by atoms with Crippen LogP contribution < -0.4 is 40.2 Å². The third-order valence-corrected chi connectivity index (χ3v) is 4.36. The van der Waals surface area contributed by atoms with Crippen molar-refractivity contribution in [3.05, 3.63) is 70.8 Å². The Hall–Kier alpha value is -1.65. The van der Waals surface area contributed by atoms with Crippen LogP contribution in [0.3, 0.4) is 0 Å². The summed E-state index contributed by atoms with van der Waals surface area (Å²) in [5, 5.41) is 4.19. The van der Waals surface area contributed by atoms with E-state index in [0.29, 0.717) is 12.1 Å². The minimum atomic E-state index is -4.62. The minimum Gasteiger partial charge on any atom is -0.747 e. The number of benzene rings is 2. The van der Waals surface area contributed by atoms with Gasteiger partial charge >= 0.3 is 41.9 Å². The summed E-state index contributed by atoms with van der Waals surface area (Å²) < 4.78 is 104. The van der Waals surface area contributed by atoms with E-state index in [0.717, 1.165) is 36.4 Å². The van der Waals surface area contributed by atoms with Gasteiger partial charge in [0.2, 0.25) is 0 Å². The molecular formula is C18H14BrF6N2NaO5S. The quantitative estimate of drug-likeness (QED) is 0.176. The van der Waals surface area contributed by atoms with Gasteiger partial charge in [-0.2, -0.15) is 26.3 Å². The Bertz CT molecular complexity index is 1060. The zero-order valence-electron chi connectivity index (χ0n) is 17.1. The second-order valence-corrected chi connectivity index (χ2v) is 7.96. The molecule has 182 valence electrons. The minimum absolute atomic E-state index is 0. The van der Waals surface area contributed by atoms with Crippen LogP contribution >= 0.6 is 15.9 Å². The average molecular weight is 587 g/mol. The summed E-state index contributed by atoms with van der Waals surface area (Å²) in [6, 6.07) is 7.17. The fourth-order valence-corrected chi connectivity index (χ4v) is 2.60. The van der Waals surface area contributed by atoms with Crippen LogP contribution in [0, 0.1) is 0 Å². The number of nitrogens with one attached hydrogen (secondary N) is 2. The molecule has 2 aromatic carbocycles. The number of carbonyl (C=O) groups is 2. The van der Waals surface area contributed by atoms with Crippen LogP contribution in [0.1, 0.15) is 31.8 Å². The molecule has 0 bridgehead atoms. The number of hydrogen-bond donors (Lipinski definition) is 2. The molecule has 2 N–H and O–H groups in total. The summed E-state index contributed by atoms with van der Waals surface area (Å²) in [5.74, 6) is -2.48.